The molecule has 2 aromatic carbocycles. The average molecular weight is 390 g/mol. The molecule has 2 aromatic rings. The van der Waals surface area contributed by atoms with E-state index >= 15 is 0 Å². The van der Waals surface area contributed by atoms with Crippen molar-refractivity contribution in [2.45, 2.75) is 9.79 Å². The first-order valence-electron chi connectivity index (χ1n) is 11.7. The Morgan fingerprint density at radius 2 is 1.85 bits per heavy atom. The van der Waals surface area contributed by atoms with Gasteiger partial charge in [-0.25, -0.2) is 4.99 Å². The lowest BCUT2D eigenvalue weighted by Crippen LogP contribution is -2.49. The van der Waals surface area contributed by atoms with E-state index in [2.05, 4.69) is 0 Å². The smallest absolute Gasteiger partial charge is 0.137 e. The summed E-state index contributed by atoms with van der Waals surface area (Å²) in [5, 5.41) is 9.00. The van der Waals surface area contributed by atoms with Crippen LogP contribution in [-0.2, 0) is 4.74 Å². The van der Waals surface area contributed by atoms with Gasteiger partial charge in [0.15, 0.2) is 0 Å². The fraction of sp³-hybridized carbons (Fsp3) is 0.381. The predicted octanol–water partition coefficient (Wildman–Crippen LogP) is 2.86. The Hall–Kier alpha value is -1.86. The fourth-order valence-corrected chi connectivity index (χ4v) is 3.94. The molecule has 1 N–H and O–H groups in total. The van der Waals surface area contributed by atoms with Crippen LogP contribution >= 0.6 is 11.8 Å². The summed E-state index contributed by atoms with van der Waals surface area (Å²) in [5.41, 5.74) is 1.56. The maximum absolute atomic E-state index is 9.00. The second kappa shape index (κ2) is 8.89. The van der Waals surface area contributed by atoms with Gasteiger partial charge in [0.1, 0.15) is 5.84 Å². The molecule has 0 amide bonds. The van der Waals surface area contributed by atoms with Crippen molar-refractivity contribution in [2.24, 2.45) is 4.99 Å². The zero-order chi connectivity index (χ0) is 23.9. The molecule has 4 rings (SSSR count). The maximum Gasteiger partial charge on any atom is 0.137 e. The van der Waals surface area contributed by atoms with Gasteiger partial charge in [0.05, 0.1) is 28.2 Å². The third kappa shape index (κ3) is 4.35. The Morgan fingerprint density at radius 1 is 1.11 bits per heavy atom. The summed E-state index contributed by atoms with van der Waals surface area (Å²) in [6.45, 7) is -7.93. The molecule has 1 saturated heterocycles. The predicted molar refractivity (Wildman–Crippen MR) is 109 cm³/mol. The van der Waals surface area contributed by atoms with Crippen molar-refractivity contribution in [3.8, 4) is 0 Å². The third-order valence-corrected chi connectivity index (χ3v) is 5.37. The van der Waals surface area contributed by atoms with Crippen LogP contribution in [0.25, 0.3) is 0 Å². The summed E-state index contributed by atoms with van der Waals surface area (Å²) >= 11 is 1.58. The zero-order valence-corrected chi connectivity index (χ0v) is 15.6. The van der Waals surface area contributed by atoms with Crippen molar-refractivity contribution < 1.29 is 18.1 Å². The average Bonchev–Trinajstić information content (AvgIpc) is 2.91. The van der Waals surface area contributed by atoms with Crippen LogP contribution in [0.3, 0.4) is 0 Å². The minimum atomic E-state index is -2.26. The van der Waals surface area contributed by atoms with Gasteiger partial charge in [-0.05, 0) is 18.2 Å². The number of ether oxygens (including phenoxy) is 1. The molecule has 0 atom stereocenters. The lowest BCUT2D eigenvalue weighted by atomic mass is 10.1. The van der Waals surface area contributed by atoms with Crippen LogP contribution in [0.5, 0.6) is 0 Å². The summed E-state index contributed by atoms with van der Waals surface area (Å²) in [7, 11) is 0. The summed E-state index contributed by atoms with van der Waals surface area (Å²) < 4.78 is 54.3. The van der Waals surface area contributed by atoms with Crippen LogP contribution in [0.2, 0.25) is 0 Å². The summed E-state index contributed by atoms with van der Waals surface area (Å²) in [5.74, 6) is 0.517. The van der Waals surface area contributed by atoms with E-state index in [0.717, 1.165) is 25.9 Å². The molecule has 0 bridgehead atoms. The molecule has 0 unspecified atom stereocenters. The highest BCUT2D eigenvalue weighted by atomic mass is 32.2. The van der Waals surface area contributed by atoms with Gasteiger partial charge in [0, 0.05) is 53.5 Å². The summed E-state index contributed by atoms with van der Waals surface area (Å²) in [4.78, 5) is 9.46. The lowest BCUT2D eigenvalue weighted by molar-refractivity contribution is 0.0652. The number of amidine groups is 1. The second-order valence-corrected chi connectivity index (χ2v) is 7.06. The Bertz CT molecular complexity index is 1030. The van der Waals surface area contributed by atoms with Crippen LogP contribution in [0.1, 0.15) is 13.8 Å². The Kier molecular flexibility index (Phi) is 4.14. The zero-order valence-electron chi connectivity index (χ0n) is 20.8. The summed E-state index contributed by atoms with van der Waals surface area (Å²) in [6, 6.07) is 15.4. The van der Waals surface area contributed by atoms with Crippen molar-refractivity contribution in [1.82, 2.24) is 9.80 Å². The van der Waals surface area contributed by atoms with Crippen LogP contribution in [-0.4, -0.2) is 73.1 Å². The number of rotatable bonds is 5. The molecule has 0 aliphatic carbocycles. The Labute approximate surface area is 173 Å². The highest BCUT2D eigenvalue weighted by Crippen LogP contribution is 2.40. The fourth-order valence-electron chi connectivity index (χ4n) is 2.93. The highest BCUT2D eigenvalue weighted by Gasteiger charge is 2.24. The number of fused-ring (bicyclic) bond motifs is 2. The normalized spacial score (nSPS) is 24.6. The van der Waals surface area contributed by atoms with E-state index in [0.29, 0.717) is 5.84 Å². The molecular formula is C21H25N3O2S. The number of para-hydroxylation sites is 1. The molecule has 142 valence electrons. The van der Waals surface area contributed by atoms with Gasteiger partial charge in [-0.15, -0.1) is 0 Å². The van der Waals surface area contributed by atoms with Crippen molar-refractivity contribution in [2.75, 3.05) is 52.4 Å². The third-order valence-electron chi connectivity index (χ3n) is 4.23. The standard InChI is InChI=1S/C21H25N3O2S/c25-14-16-26-15-13-23-9-11-24(12-10-23)21-17-5-1-3-7-19(17)27-20-8-4-2-6-18(20)22-21/h1-8,25H,9-16H2/i9D2,10D2,16D2. The van der Waals surface area contributed by atoms with Gasteiger partial charge >= 0.3 is 0 Å². The number of aliphatic hydroxyl groups is 1. The molecule has 0 spiro atoms. The number of aliphatic hydroxyl groups excluding tert-OH is 1. The molecule has 2 aliphatic rings. The number of benzene rings is 2. The number of hydrogen-bond donors (Lipinski definition) is 1. The van der Waals surface area contributed by atoms with Crippen LogP contribution in [0.15, 0.2) is 63.3 Å². The molecular weight excluding hydrogens is 358 g/mol. The van der Waals surface area contributed by atoms with Gasteiger partial charge in [-0.3, -0.25) is 4.90 Å². The SMILES string of the molecule is [2H]C([2H])(CO)OCCN1C([2H])([2H])CN(C2=Nc3ccccc3Sc3ccccc32)CC1([2H])[2H]. The molecule has 5 nitrogen and oxygen atoms in total. The first-order valence-corrected chi connectivity index (χ1v) is 9.57. The number of hydrogen-bond acceptors (Lipinski definition) is 6. The quantitative estimate of drug-likeness (QED) is 0.852. The number of aliphatic imine (C=N–C) groups is 1. The van der Waals surface area contributed by atoms with Gasteiger partial charge < -0.3 is 14.7 Å². The van der Waals surface area contributed by atoms with Crippen LogP contribution in [0.4, 0.5) is 5.69 Å². The molecule has 0 radical (unpaired) electrons. The van der Waals surface area contributed by atoms with Gasteiger partial charge in [-0.1, -0.05) is 42.1 Å². The molecule has 0 saturated carbocycles. The second-order valence-electron chi connectivity index (χ2n) is 5.98. The Balaban J connectivity index is 1.64. The van der Waals surface area contributed by atoms with E-state index in [1.165, 1.54) is 0 Å². The van der Waals surface area contributed by atoms with Gasteiger partial charge in [0.2, 0.25) is 0 Å². The Morgan fingerprint density at radius 3 is 2.67 bits per heavy atom. The van der Waals surface area contributed by atoms with Crippen molar-refractivity contribution >= 4 is 23.3 Å². The van der Waals surface area contributed by atoms with Gasteiger partial charge in [0.25, 0.3) is 0 Å². The highest BCUT2D eigenvalue weighted by molar-refractivity contribution is 7.99. The minimum absolute atomic E-state index is 0.126. The molecule has 2 heterocycles. The van der Waals surface area contributed by atoms with E-state index in [4.69, 9.17) is 23.1 Å². The molecule has 1 fully saturated rings. The molecule has 2 aliphatic heterocycles. The molecule has 6 heteroatoms. The van der Waals surface area contributed by atoms with Crippen molar-refractivity contribution in [3.63, 3.8) is 0 Å². The monoisotopic (exact) mass is 389 g/mol. The molecule has 0 aromatic heterocycles. The maximum atomic E-state index is 9.00. The number of piperazine rings is 1. The van der Waals surface area contributed by atoms with E-state index < -0.39 is 26.2 Å². The topological polar surface area (TPSA) is 48.3 Å². The lowest BCUT2D eigenvalue weighted by Gasteiger charge is -2.36. The van der Waals surface area contributed by atoms with Crippen LogP contribution in [0, 0.1) is 0 Å². The van der Waals surface area contributed by atoms with Gasteiger partial charge in [-0.2, -0.15) is 0 Å². The largest absolute Gasteiger partial charge is 0.394 e. The van der Waals surface area contributed by atoms with E-state index in [9.17, 15) is 0 Å². The van der Waals surface area contributed by atoms with Crippen LogP contribution < -0.4 is 0 Å². The van der Waals surface area contributed by atoms with E-state index in [1.807, 2.05) is 48.5 Å². The summed E-state index contributed by atoms with van der Waals surface area (Å²) in [6.07, 6.45) is 0. The van der Waals surface area contributed by atoms with Crippen molar-refractivity contribution in [3.05, 3.63) is 54.1 Å². The molecule has 27 heavy (non-hydrogen) atoms. The van der Waals surface area contributed by atoms with Crippen molar-refractivity contribution in [1.29, 1.82) is 0 Å². The first-order chi connectivity index (χ1) is 15.5. The van der Waals surface area contributed by atoms with E-state index in [1.54, 1.807) is 16.7 Å². The number of nitrogens with zero attached hydrogens (tertiary/aromatic N) is 3. The van der Waals surface area contributed by atoms with E-state index in [-0.39, 0.29) is 26.2 Å². The first kappa shape index (κ1) is 12.6. The minimum Gasteiger partial charge on any atom is -0.394 e.